The summed E-state index contributed by atoms with van der Waals surface area (Å²) < 4.78 is 5.48. The summed E-state index contributed by atoms with van der Waals surface area (Å²) in [7, 11) is 1.59. The normalized spacial score (nSPS) is 18.3. The van der Waals surface area contributed by atoms with Crippen LogP contribution >= 0.6 is 0 Å². The van der Waals surface area contributed by atoms with Crippen molar-refractivity contribution in [3.63, 3.8) is 0 Å². The molecule has 0 fully saturated rings. The molecule has 0 aliphatic heterocycles. The Bertz CT molecular complexity index is 730. The smallest absolute Gasteiger partial charge is 0.157 e. The SMILES string of the molecule is C=C\C(=C(/C=C/N=C/C=C\N)OC)[C@@H]1CCc2cc(O)c(O)cc21. The van der Waals surface area contributed by atoms with Gasteiger partial charge in [0.05, 0.1) is 7.11 Å². The predicted octanol–water partition coefficient (Wildman–Crippen LogP) is 3.27. The van der Waals surface area contributed by atoms with Crippen molar-refractivity contribution in [2.24, 2.45) is 10.7 Å². The molecule has 0 amide bonds. The molecule has 1 atom stereocenters. The van der Waals surface area contributed by atoms with E-state index in [4.69, 9.17) is 10.5 Å². The topological polar surface area (TPSA) is 88.1 Å². The Morgan fingerprint density at radius 3 is 2.79 bits per heavy atom. The van der Waals surface area contributed by atoms with Crippen LogP contribution in [0.2, 0.25) is 0 Å². The van der Waals surface area contributed by atoms with Crippen LogP contribution in [0.25, 0.3) is 0 Å². The third-order valence-electron chi connectivity index (χ3n) is 4.01. The number of methoxy groups -OCH3 is 1. The van der Waals surface area contributed by atoms with E-state index in [0.717, 1.165) is 29.5 Å². The zero-order valence-corrected chi connectivity index (χ0v) is 13.6. The van der Waals surface area contributed by atoms with Gasteiger partial charge < -0.3 is 20.7 Å². The van der Waals surface area contributed by atoms with E-state index in [-0.39, 0.29) is 17.4 Å². The van der Waals surface area contributed by atoms with Gasteiger partial charge in [-0.25, -0.2) is 0 Å². The van der Waals surface area contributed by atoms with Crippen LogP contribution in [0.1, 0.15) is 23.5 Å². The molecule has 126 valence electrons. The lowest BCUT2D eigenvalue weighted by Gasteiger charge is -2.16. The number of allylic oxidation sites excluding steroid dienone is 4. The Kier molecular flexibility index (Phi) is 5.84. The van der Waals surface area contributed by atoms with Gasteiger partial charge in [-0.3, -0.25) is 4.99 Å². The standard InChI is InChI=1S/C19H22N2O3/c1-3-14(19(24-2)7-10-21-9-4-8-20)15-6-5-13-11-17(22)18(23)12-16(13)15/h3-4,7-12,15,22-23H,1,5-6,20H2,2H3/b8-4-,10-7+,19-14-,21-9+/t15-/m0/s1. The van der Waals surface area contributed by atoms with E-state index < -0.39 is 0 Å². The van der Waals surface area contributed by atoms with Crippen LogP contribution in [0, 0.1) is 0 Å². The summed E-state index contributed by atoms with van der Waals surface area (Å²) >= 11 is 0. The molecule has 4 N–H and O–H groups in total. The van der Waals surface area contributed by atoms with Crippen molar-refractivity contribution in [2.45, 2.75) is 18.8 Å². The first kappa shape index (κ1) is 17.4. The number of phenolic OH excluding ortho intramolecular Hbond substituents is 2. The second-order valence-corrected chi connectivity index (χ2v) is 5.36. The number of aryl methyl sites for hydroxylation is 1. The highest BCUT2D eigenvalue weighted by Gasteiger charge is 2.28. The molecule has 0 saturated carbocycles. The van der Waals surface area contributed by atoms with Gasteiger partial charge in [-0.1, -0.05) is 12.7 Å². The maximum atomic E-state index is 9.80. The highest BCUT2D eigenvalue weighted by Crippen LogP contribution is 2.44. The molecule has 0 radical (unpaired) electrons. The number of aromatic hydroxyl groups is 2. The average Bonchev–Trinajstić information content (AvgIpc) is 2.96. The summed E-state index contributed by atoms with van der Waals surface area (Å²) in [5.74, 6) is 0.505. The third kappa shape index (κ3) is 3.68. The molecule has 1 aliphatic carbocycles. The van der Waals surface area contributed by atoms with E-state index in [9.17, 15) is 10.2 Å². The molecule has 1 aromatic rings. The zero-order chi connectivity index (χ0) is 17.5. The lowest BCUT2D eigenvalue weighted by atomic mass is 9.91. The molecule has 1 aliphatic rings. The zero-order valence-electron chi connectivity index (χ0n) is 13.6. The van der Waals surface area contributed by atoms with Crippen LogP contribution < -0.4 is 5.73 Å². The van der Waals surface area contributed by atoms with Gasteiger partial charge in [0.25, 0.3) is 0 Å². The minimum Gasteiger partial charge on any atom is -0.504 e. The highest BCUT2D eigenvalue weighted by molar-refractivity contribution is 5.71. The molecule has 5 nitrogen and oxygen atoms in total. The summed E-state index contributed by atoms with van der Waals surface area (Å²) in [4.78, 5) is 4.07. The first-order valence-electron chi connectivity index (χ1n) is 7.64. The van der Waals surface area contributed by atoms with Crippen molar-refractivity contribution in [3.05, 3.63) is 71.8 Å². The quantitative estimate of drug-likeness (QED) is 0.324. The number of nitrogens with zero attached hydrogens (tertiary/aromatic N) is 1. The highest BCUT2D eigenvalue weighted by atomic mass is 16.5. The summed E-state index contributed by atoms with van der Waals surface area (Å²) in [5.41, 5.74) is 8.17. The van der Waals surface area contributed by atoms with Crippen molar-refractivity contribution >= 4 is 6.21 Å². The molecule has 0 heterocycles. The number of fused-ring (bicyclic) bond motifs is 1. The summed E-state index contributed by atoms with van der Waals surface area (Å²) in [6.07, 6.45) is 11.4. The fourth-order valence-electron chi connectivity index (χ4n) is 2.91. The van der Waals surface area contributed by atoms with Crippen molar-refractivity contribution in [1.82, 2.24) is 0 Å². The monoisotopic (exact) mass is 326 g/mol. The lowest BCUT2D eigenvalue weighted by molar-refractivity contribution is 0.301. The minimum absolute atomic E-state index is 0.0523. The molecule has 24 heavy (non-hydrogen) atoms. The molecule has 1 aromatic carbocycles. The van der Waals surface area contributed by atoms with Crippen molar-refractivity contribution in [1.29, 1.82) is 0 Å². The maximum absolute atomic E-state index is 9.80. The fraction of sp³-hybridized carbons (Fsp3) is 0.211. The third-order valence-corrected chi connectivity index (χ3v) is 4.01. The van der Waals surface area contributed by atoms with Gasteiger partial charge in [0.15, 0.2) is 11.5 Å². The summed E-state index contributed by atoms with van der Waals surface area (Å²) in [5, 5.41) is 19.5. The van der Waals surface area contributed by atoms with E-state index in [2.05, 4.69) is 11.6 Å². The van der Waals surface area contributed by atoms with Gasteiger partial charge >= 0.3 is 0 Å². The van der Waals surface area contributed by atoms with Gasteiger partial charge in [-0.15, -0.1) is 0 Å². The molecular weight excluding hydrogens is 304 g/mol. The van der Waals surface area contributed by atoms with Gasteiger partial charge in [-0.2, -0.15) is 0 Å². The molecule has 0 aromatic heterocycles. The number of phenols is 2. The number of hydrogen-bond donors (Lipinski definition) is 3. The van der Waals surface area contributed by atoms with Crippen LogP contribution in [0.3, 0.4) is 0 Å². The molecule has 5 heteroatoms. The average molecular weight is 326 g/mol. The van der Waals surface area contributed by atoms with E-state index in [1.165, 1.54) is 6.20 Å². The Morgan fingerprint density at radius 2 is 2.12 bits per heavy atom. The molecule has 2 rings (SSSR count). The summed E-state index contributed by atoms with van der Waals surface area (Å²) in [6.45, 7) is 3.90. The van der Waals surface area contributed by atoms with E-state index in [0.29, 0.717) is 5.76 Å². The number of nitrogens with two attached hydrogens (primary N) is 1. The van der Waals surface area contributed by atoms with Gasteiger partial charge in [0, 0.05) is 23.9 Å². The van der Waals surface area contributed by atoms with Gasteiger partial charge in [-0.05, 0) is 54.5 Å². The number of hydrogen-bond acceptors (Lipinski definition) is 5. The Balaban J connectivity index is 2.37. The number of aliphatic imine (C=N–C) groups is 1. The van der Waals surface area contributed by atoms with Gasteiger partial charge in [0.1, 0.15) is 5.76 Å². The van der Waals surface area contributed by atoms with Crippen LogP contribution in [-0.2, 0) is 11.2 Å². The van der Waals surface area contributed by atoms with Crippen LogP contribution in [-0.4, -0.2) is 23.5 Å². The first-order valence-corrected chi connectivity index (χ1v) is 7.64. The van der Waals surface area contributed by atoms with Crippen molar-refractivity contribution < 1.29 is 14.9 Å². The van der Waals surface area contributed by atoms with Gasteiger partial charge in [0.2, 0.25) is 0 Å². The maximum Gasteiger partial charge on any atom is 0.157 e. The number of ether oxygens (including phenoxy) is 1. The largest absolute Gasteiger partial charge is 0.504 e. The molecule has 0 unspecified atom stereocenters. The van der Waals surface area contributed by atoms with Crippen LogP contribution in [0.15, 0.2) is 65.7 Å². The molecular formula is C19H22N2O3. The number of benzene rings is 1. The Hall–Kier alpha value is -2.95. The molecule has 0 spiro atoms. The van der Waals surface area contributed by atoms with Crippen molar-refractivity contribution in [2.75, 3.05) is 7.11 Å². The van der Waals surface area contributed by atoms with Crippen LogP contribution in [0.5, 0.6) is 11.5 Å². The van der Waals surface area contributed by atoms with Crippen LogP contribution in [0.4, 0.5) is 0 Å². The lowest BCUT2D eigenvalue weighted by Crippen LogP contribution is -2.01. The first-order chi connectivity index (χ1) is 11.6. The predicted molar refractivity (Wildman–Crippen MR) is 96.0 cm³/mol. The Morgan fingerprint density at radius 1 is 1.38 bits per heavy atom. The second kappa shape index (κ2) is 8.06. The molecule has 0 saturated heterocycles. The summed E-state index contributed by atoms with van der Waals surface area (Å²) in [6, 6.07) is 3.24. The number of rotatable bonds is 6. The fourth-order valence-corrected chi connectivity index (χ4v) is 2.91. The van der Waals surface area contributed by atoms with E-state index >= 15 is 0 Å². The minimum atomic E-state index is -0.114. The second-order valence-electron chi connectivity index (χ2n) is 5.36. The Labute approximate surface area is 141 Å². The van der Waals surface area contributed by atoms with Crippen molar-refractivity contribution in [3.8, 4) is 11.5 Å². The van der Waals surface area contributed by atoms with E-state index in [1.54, 1.807) is 49.9 Å². The van der Waals surface area contributed by atoms with E-state index in [1.807, 2.05) is 0 Å². The molecule has 0 bridgehead atoms.